The van der Waals surface area contributed by atoms with Crippen molar-refractivity contribution in [3.8, 4) is 5.95 Å². The Kier molecular flexibility index (Phi) is 4.56. The van der Waals surface area contributed by atoms with Gasteiger partial charge in [-0.05, 0) is 18.1 Å². The van der Waals surface area contributed by atoms with Crippen LogP contribution in [0.1, 0.15) is 23.0 Å². The quantitative estimate of drug-likeness (QED) is 0.518. The summed E-state index contributed by atoms with van der Waals surface area (Å²) in [6.07, 6.45) is -4.53. The number of alkyl halides is 3. The number of hydrogen-bond donors (Lipinski definition) is 1. The van der Waals surface area contributed by atoms with Crippen LogP contribution in [0.3, 0.4) is 0 Å². The van der Waals surface area contributed by atoms with Crippen LogP contribution in [0.5, 0.6) is 0 Å². The number of nitrogens with two attached hydrogens (primary N) is 1. The van der Waals surface area contributed by atoms with Crippen molar-refractivity contribution in [1.29, 1.82) is 0 Å². The Morgan fingerprint density at radius 1 is 1.03 bits per heavy atom. The molecule has 1 aromatic carbocycles. The first-order valence-corrected chi connectivity index (χ1v) is 8.48. The van der Waals surface area contributed by atoms with Crippen molar-refractivity contribution in [2.75, 3.05) is 0 Å². The van der Waals surface area contributed by atoms with Gasteiger partial charge in [0.25, 0.3) is 11.8 Å². The van der Waals surface area contributed by atoms with Gasteiger partial charge in [-0.2, -0.15) is 17.9 Å². The number of aromatic nitrogens is 6. The van der Waals surface area contributed by atoms with E-state index in [9.17, 15) is 26.3 Å². The van der Waals surface area contributed by atoms with E-state index in [1.807, 2.05) is 0 Å². The molecule has 2 aromatic heterocycles. The maximum atomic E-state index is 13.8. The van der Waals surface area contributed by atoms with Crippen molar-refractivity contribution >= 4 is 0 Å². The smallest absolute Gasteiger partial charge is 0.327 e. The van der Waals surface area contributed by atoms with Gasteiger partial charge in [-0.25, -0.2) is 18.2 Å². The molecule has 0 radical (unpaired) electrons. The first kappa shape index (κ1) is 19.4. The molecule has 0 bridgehead atoms. The molecule has 0 spiro atoms. The number of rotatable bonds is 4. The summed E-state index contributed by atoms with van der Waals surface area (Å²) >= 11 is 0. The lowest BCUT2D eigenvalue weighted by molar-refractivity contribution is -0.144. The third-order valence-electron chi connectivity index (χ3n) is 4.50. The average Bonchev–Trinajstić information content (AvgIpc) is 3.23. The Labute approximate surface area is 159 Å². The third-order valence-corrected chi connectivity index (χ3v) is 4.50. The van der Waals surface area contributed by atoms with E-state index in [4.69, 9.17) is 5.73 Å². The van der Waals surface area contributed by atoms with Crippen molar-refractivity contribution in [1.82, 2.24) is 29.5 Å². The van der Waals surface area contributed by atoms with Crippen molar-refractivity contribution < 1.29 is 26.3 Å². The van der Waals surface area contributed by atoms with E-state index in [2.05, 4.69) is 20.3 Å². The van der Waals surface area contributed by atoms with E-state index in [-0.39, 0.29) is 43.1 Å². The van der Waals surface area contributed by atoms with Gasteiger partial charge in [-0.3, -0.25) is 4.57 Å². The molecule has 29 heavy (non-hydrogen) atoms. The molecule has 4 rings (SSSR count). The van der Waals surface area contributed by atoms with E-state index in [0.717, 1.165) is 10.7 Å². The highest BCUT2D eigenvalue weighted by atomic mass is 19.4. The van der Waals surface area contributed by atoms with E-state index in [0.29, 0.717) is 11.9 Å². The van der Waals surface area contributed by atoms with Gasteiger partial charge >= 0.3 is 6.18 Å². The Hall–Kier alpha value is -2.96. The normalized spacial score (nSPS) is 14.6. The van der Waals surface area contributed by atoms with Crippen LogP contribution in [0.15, 0.2) is 12.1 Å². The minimum Gasteiger partial charge on any atom is -0.327 e. The van der Waals surface area contributed by atoms with Crippen LogP contribution in [0, 0.1) is 17.5 Å². The highest BCUT2D eigenvalue weighted by molar-refractivity contribution is 5.23. The van der Waals surface area contributed by atoms with Crippen molar-refractivity contribution in [3.05, 3.63) is 52.6 Å². The number of fused-ring (bicyclic) bond motifs is 3. The lowest BCUT2D eigenvalue weighted by Crippen LogP contribution is -2.29. The van der Waals surface area contributed by atoms with Gasteiger partial charge in [-0.1, -0.05) is 0 Å². The van der Waals surface area contributed by atoms with Gasteiger partial charge in [0, 0.05) is 31.5 Å². The molecule has 0 saturated heterocycles. The van der Waals surface area contributed by atoms with Crippen LogP contribution < -0.4 is 5.73 Å². The molecule has 1 aliphatic rings. The lowest BCUT2D eigenvalue weighted by atomic mass is 10.0. The molecule has 2 N–H and O–H groups in total. The monoisotopic (exact) mass is 417 g/mol. The summed E-state index contributed by atoms with van der Waals surface area (Å²) in [4.78, 5) is 3.49. The van der Waals surface area contributed by atoms with Crippen LogP contribution in [0.4, 0.5) is 26.3 Å². The van der Waals surface area contributed by atoms with Crippen molar-refractivity contribution in [2.24, 2.45) is 5.73 Å². The third kappa shape index (κ3) is 3.57. The summed E-state index contributed by atoms with van der Waals surface area (Å²) in [5.41, 5.74) is 5.90. The topological polar surface area (TPSA) is 87.4 Å². The van der Waals surface area contributed by atoms with E-state index >= 15 is 0 Å². The van der Waals surface area contributed by atoms with Crippen molar-refractivity contribution in [3.63, 3.8) is 0 Å². The zero-order valence-corrected chi connectivity index (χ0v) is 14.6. The zero-order valence-electron chi connectivity index (χ0n) is 14.6. The number of aryl methyl sites for hydroxylation is 1. The fourth-order valence-corrected chi connectivity index (χ4v) is 3.17. The predicted molar refractivity (Wildman–Crippen MR) is 85.3 cm³/mol. The number of halogens is 6. The van der Waals surface area contributed by atoms with Crippen LogP contribution in [0.25, 0.3) is 5.95 Å². The molecule has 0 aliphatic carbocycles. The molecule has 13 heteroatoms. The maximum absolute atomic E-state index is 13.8. The lowest BCUT2D eigenvalue weighted by Gasteiger charge is -2.17. The molecule has 154 valence electrons. The summed E-state index contributed by atoms with van der Waals surface area (Å²) in [6.45, 7) is 0.264. The van der Waals surface area contributed by atoms with Crippen LogP contribution in [0.2, 0.25) is 0 Å². The first-order chi connectivity index (χ1) is 13.6. The number of nitrogens with zero attached hydrogens (tertiary/aromatic N) is 6. The molecule has 1 atom stereocenters. The Balaban J connectivity index is 1.55. The van der Waals surface area contributed by atoms with E-state index in [1.54, 1.807) is 4.57 Å². The molecule has 7 nitrogen and oxygen atoms in total. The predicted octanol–water partition coefficient (Wildman–Crippen LogP) is 1.96. The molecule has 0 fully saturated rings. The summed E-state index contributed by atoms with van der Waals surface area (Å²) in [5.74, 6) is -4.15. The summed E-state index contributed by atoms with van der Waals surface area (Å²) in [5, 5.41) is 11.3. The van der Waals surface area contributed by atoms with Gasteiger partial charge in [0.2, 0.25) is 0 Å². The van der Waals surface area contributed by atoms with Crippen LogP contribution >= 0.6 is 0 Å². The van der Waals surface area contributed by atoms with E-state index in [1.165, 1.54) is 0 Å². The minimum atomic E-state index is -4.69. The second-order valence-corrected chi connectivity index (χ2v) is 6.61. The van der Waals surface area contributed by atoms with Gasteiger partial charge in [0.15, 0.2) is 11.6 Å². The van der Waals surface area contributed by atoms with Crippen LogP contribution in [-0.4, -0.2) is 35.6 Å². The number of benzene rings is 1. The summed E-state index contributed by atoms with van der Waals surface area (Å²) < 4.78 is 81.2. The van der Waals surface area contributed by atoms with E-state index < -0.39 is 35.5 Å². The fraction of sp³-hybridized carbons (Fsp3) is 0.375. The van der Waals surface area contributed by atoms with Crippen molar-refractivity contribution in [2.45, 2.75) is 38.0 Å². The molecule has 0 amide bonds. The molecule has 3 heterocycles. The van der Waals surface area contributed by atoms with Gasteiger partial charge in [-0.15, -0.1) is 15.3 Å². The van der Waals surface area contributed by atoms with Gasteiger partial charge in [0.1, 0.15) is 17.5 Å². The Morgan fingerprint density at radius 2 is 1.76 bits per heavy atom. The Bertz CT molecular complexity index is 1070. The molecular weight excluding hydrogens is 404 g/mol. The zero-order chi connectivity index (χ0) is 20.9. The SMILES string of the molecule is N[C@H](Cc1cc(F)c(F)cc1F)Cc1nnc2n1CCc1nc(C(F)(F)F)nn1-2. The average molecular weight is 417 g/mol. The second kappa shape index (κ2) is 6.83. The molecule has 0 saturated carbocycles. The minimum absolute atomic E-state index is 0.0652. The van der Waals surface area contributed by atoms with Gasteiger partial charge in [0.05, 0.1) is 0 Å². The molecular formula is C16H13F6N7. The molecule has 0 unspecified atom stereocenters. The first-order valence-electron chi connectivity index (χ1n) is 8.48. The Morgan fingerprint density at radius 3 is 2.48 bits per heavy atom. The molecule has 3 aromatic rings. The fourth-order valence-electron chi connectivity index (χ4n) is 3.17. The summed E-state index contributed by atoms with van der Waals surface area (Å²) in [6, 6.07) is 0.468. The highest BCUT2D eigenvalue weighted by Gasteiger charge is 2.38. The highest BCUT2D eigenvalue weighted by Crippen LogP contribution is 2.28. The largest absolute Gasteiger partial charge is 0.453 e. The molecule has 1 aliphatic heterocycles. The standard InChI is InChI=1S/C16H13F6N7/c17-9-6-11(19)10(18)4-7(9)3-8(23)5-13-25-26-15-28(13)2-1-12-24-14(16(20,21)22)27-29(12)15/h4,6,8H,1-3,5,23H2/t8-/m1/s1. The second-order valence-electron chi connectivity index (χ2n) is 6.61. The van der Waals surface area contributed by atoms with Crippen LogP contribution in [-0.2, 0) is 32.0 Å². The summed E-state index contributed by atoms with van der Waals surface area (Å²) in [7, 11) is 0. The van der Waals surface area contributed by atoms with Gasteiger partial charge < -0.3 is 5.73 Å². The maximum Gasteiger partial charge on any atom is 0.453 e. The number of hydrogen-bond acceptors (Lipinski definition) is 5.